The molecule has 0 saturated carbocycles. The number of carbonyl (C=O) groups is 1. The Morgan fingerprint density at radius 2 is 2.06 bits per heavy atom. The van der Waals surface area contributed by atoms with Gasteiger partial charge in [0.25, 0.3) is 0 Å². The number of hydrogen-bond acceptors (Lipinski definition) is 3. The molecule has 1 aromatic carbocycles. The van der Waals surface area contributed by atoms with Gasteiger partial charge in [-0.2, -0.15) is 5.26 Å². The minimum absolute atomic E-state index is 0.342. The highest BCUT2D eigenvalue weighted by molar-refractivity contribution is 5.91. The smallest absolute Gasteiger partial charge is 0.338 e. The van der Waals surface area contributed by atoms with Crippen molar-refractivity contribution in [1.29, 1.82) is 5.26 Å². The Bertz CT molecular complexity index is 391. The number of ether oxygens (including phenoxy) is 1. The minimum Gasteiger partial charge on any atom is -0.462 e. The van der Waals surface area contributed by atoms with Crippen LogP contribution in [0, 0.1) is 18.3 Å². The van der Waals surface area contributed by atoms with Gasteiger partial charge in [0.1, 0.15) is 0 Å². The molecule has 0 saturated heterocycles. The lowest BCUT2D eigenvalue weighted by Gasteiger charge is -2.05. The molecule has 0 fully saturated rings. The first-order valence-corrected chi connectivity index (χ1v) is 5.37. The van der Waals surface area contributed by atoms with E-state index in [4.69, 9.17) is 10.00 Å². The highest BCUT2D eigenvalue weighted by Gasteiger charge is 2.11. The number of esters is 1. The van der Waals surface area contributed by atoms with Crippen molar-refractivity contribution in [1.82, 2.24) is 0 Å². The third-order valence-corrected chi connectivity index (χ3v) is 1.95. The monoisotopic (exact) mass is 219 g/mol. The van der Waals surface area contributed by atoms with Crippen LogP contribution in [0.5, 0.6) is 0 Å². The number of benzene rings is 1. The first-order chi connectivity index (χ1) is 7.70. The van der Waals surface area contributed by atoms with Crippen molar-refractivity contribution in [3.05, 3.63) is 34.9 Å². The van der Waals surface area contributed by atoms with Gasteiger partial charge in [-0.1, -0.05) is 19.9 Å². The summed E-state index contributed by atoms with van der Waals surface area (Å²) in [6.45, 7) is 7.83. The van der Waals surface area contributed by atoms with Crippen LogP contribution in [-0.4, -0.2) is 12.6 Å². The van der Waals surface area contributed by atoms with Crippen LogP contribution >= 0.6 is 0 Å². The Kier molecular flexibility index (Phi) is 6.62. The maximum atomic E-state index is 11.4. The van der Waals surface area contributed by atoms with E-state index in [0.29, 0.717) is 23.3 Å². The molecule has 0 heterocycles. The van der Waals surface area contributed by atoms with Crippen LogP contribution in [0.15, 0.2) is 18.2 Å². The van der Waals surface area contributed by atoms with Crippen molar-refractivity contribution >= 4 is 5.97 Å². The summed E-state index contributed by atoms with van der Waals surface area (Å²) < 4.78 is 4.86. The van der Waals surface area contributed by atoms with Gasteiger partial charge in [-0.15, -0.1) is 0 Å². The maximum absolute atomic E-state index is 11.4. The molecule has 0 spiro atoms. The molecule has 86 valence electrons. The molecule has 1 rings (SSSR count). The molecule has 0 atom stereocenters. The van der Waals surface area contributed by atoms with Gasteiger partial charge in [0.2, 0.25) is 0 Å². The molecule has 0 aliphatic heterocycles. The quantitative estimate of drug-likeness (QED) is 0.718. The number of nitriles is 1. The Morgan fingerprint density at radius 1 is 1.44 bits per heavy atom. The highest BCUT2D eigenvalue weighted by atomic mass is 16.5. The lowest BCUT2D eigenvalue weighted by molar-refractivity contribution is 0.0525. The lowest BCUT2D eigenvalue weighted by Crippen LogP contribution is -2.07. The van der Waals surface area contributed by atoms with Gasteiger partial charge >= 0.3 is 5.97 Å². The van der Waals surface area contributed by atoms with Gasteiger partial charge in [0, 0.05) is 0 Å². The maximum Gasteiger partial charge on any atom is 0.338 e. The molecule has 0 aliphatic rings. The van der Waals surface area contributed by atoms with Crippen LogP contribution in [0.2, 0.25) is 0 Å². The van der Waals surface area contributed by atoms with Crippen LogP contribution in [0.1, 0.15) is 42.3 Å². The van der Waals surface area contributed by atoms with Crippen LogP contribution in [-0.2, 0) is 4.74 Å². The molecule has 3 nitrogen and oxygen atoms in total. The van der Waals surface area contributed by atoms with E-state index in [1.165, 1.54) is 0 Å². The van der Waals surface area contributed by atoms with E-state index >= 15 is 0 Å². The third-order valence-electron chi connectivity index (χ3n) is 1.95. The normalized spacial score (nSPS) is 8.44. The summed E-state index contributed by atoms with van der Waals surface area (Å²) in [6.07, 6.45) is 0. The fourth-order valence-electron chi connectivity index (χ4n) is 1.19. The number of nitrogens with zero attached hydrogens (tertiary/aromatic N) is 1. The molecule has 1 aromatic rings. The molecule has 16 heavy (non-hydrogen) atoms. The summed E-state index contributed by atoms with van der Waals surface area (Å²) in [5.41, 5.74) is 1.65. The second-order valence-electron chi connectivity index (χ2n) is 2.81. The van der Waals surface area contributed by atoms with Gasteiger partial charge in [-0.3, -0.25) is 0 Å². The average molecular weight is 219 g/mol. The standard InChI is InChI=1S/C11H11NO2.C2H6/c1-3-14-11(13)10-6-4-5-9(7-12)8(10)2;1-2/h4-6H,3H2,1-2H3;1-2H3. The van der Waals surface area contributed by atoms with E-state index < -0.39 is 0 Å². The zero-order valence-electron chi connectivity index (χ0n) is 10.2. The van der Waals surface area contributed by atoms with Crippen LogP contribution in [0.3, 0.4) is 0 Å². The van der Waals surface area contributed by atoms with E-state index in [0.717, 1.165) is 0 Å². The van der Waals surface area contributed by atoms with Gasteiger partial charge in [0.15, 0.2) is 0 Å². The predicted molar refractivity (Wildman–Crippen MR) is 63.2 cm³/mol. The largest absolute Gasteiger partial charge is 0.462 e. The molecule has 0 unspecified atom stereocenters. The molecule has 0 aliphatic carbocycles. The van der Waals surface area contributed by atoms with E-state index in [-0.39, 0.29) is 5.97 Å². The Balaban J connectivity index is 0.00000106. The SMILES string of the molecule is CC.CCOC(=O)c1cccc(C#N)c1C. The second-order valence-corrected chi connectivity index (χ2v) is 2.81. The number of carbonyl (C=O) groups excluding carboxylic acids is 1. The van der Waals surface area contributed by atoms with Crippen molar-refractivity contribution in [2.75, 3.05) is 6.61 Å². The van der Waals surface area contributed by atoms with E-state index in [2.05, 4.69) is 0 Å². The lowest BCUT2D eigenvalue weighted by atomic mass is 10.0. The van der Waals surface area contributed by atoms with Gasteiger partial charge in [0.05, 0.1) is 23.8 Å². The fraction of sp³-hybridized carbons (Fsp3) is 0.385. The van der Waals surface area contributed by atoms with Gasteiger partial charge in [-0.25, -0.2) is 4.79 Å². The van der Waals surface area contributed by atoms with Crippen molar-refractivity contribution in [3.63, 3.8) is 0 Å². The van der Waals surface area contributed by atoms with E-state index in [1.54, 1.807) is 32.0 Å². The van der Waals surface area contributed by atoms with Gasteiger partial charge < -0.3 is 4.74 Å². The molecule has 0 bridgehead atoms. The molecule has 0 aromatic heterocycles. The van der Waals surface area contributed by atoms with Crippen LogP contribution < -0.4 is 0 Å². The molecule has 0 N–H and O–H groups in total. The molecule has 3 heteroatoms. The topological polar surface area (TPSA) is 50.1 Å². The summed E-state index contributed by atoms with van der Waals surface area (Å²) in [7, 11) is 0. The molecule has 0 radical (unpaired) electrons. The summed E-state index contributed by atoms with van der Waals surface area (Å²) in [5, 5.41) is 8.75. The van der Waals surface area contributed by atoms with E-state index in [1.807, 2.05) is 19.9 Å². The van der Waals surface area contributed by atoms with Crippen molar-refractivity contribution in [2.24, 2.45) is 0 Å². The predicted octanol–water partition coefficient (Wildman–Crippen LogP) is 3.07. The number of hydrogen-bond donors (Lipinski definition) is 0. The Labute approximate surface area is 96.7 Å². The van der Waals surface area contributed by atoms with Crippen LogP contribution in [0.25, 0.3) is 0 Å². The summed E-state index contributed by atoms with van der Waals surface area (Å²) in [6, 6.07) is 7.04. The van der Waals surface area contributed by atoms with E-state index in [9.17, 15) is 4.79 Å². The summed E-state index contributed by atoms with van der Waals surface area (Å²) in [4.78, 5) is 11.4. The Morgan fingerprint density at radius 3 is 2.56 bits per heavy atom. The van der Waals surface area contributed by atoms with Gasteiger partial charge in [-0.05, 0) is 31.5 Å². The van der Waals surface area contributed by atoms with Crippen molar-refractivity contribution in [3.8, 4) is 6.07 Å². The number of rotatable bonds is 2. The van der Waals surface area contributed by atoms with Crippen LogP contribution in [0.4, 0.5) is 0 Å². The average Bonchev–Trinajstić information content (AvgIpc) is 2.32. The van der Waals surface area contributed by atoms with Crippen molar-refractivity contribution < 1.29 is 9.53 Å². The first-order valence-electron chi connectivity index (χ1n) is 5.37. The zero-order chi connectivity index (χ0) is 12.6. The minimum atomic E-state index is -0.373. The molecular formula is C13H17NO2. The van der Waals surface area contributed by atoms with Crippen molar-refractivity contribution in [2.45, 2.75) is 27.7 Å². The highest BCUT2D eigenvalue weighted by Crippen LogP contribution is 2.13. The fourth-order valence-corrected chi connectivity index (χ4v) is 1.19. The zero-order valence-corrected chi connectivity index (χ0v) is 10.2. The summed E-state index contributed by atoms with van der Waals surface area (Å²) in [5.74, 6) is -0.373. The first kappa shape index (κ1) is 14.2. The second kappa shape index (κ2) is 7.47. The summed E-state index contributed by atoms with van der Waals surface area (Å²) >= 11 is 0. The Hall–Kier alpha value is -1.82. The molecule has 0 amide bonds. The third kappa shape index (κ3) is 3.39. The molecular weight excluding hydrogens is 202 g/mol.